The van der Waals surface area contributed by atoms with Crippen molar-refractivity contribution in [2.45, 2.75) is 58.1 Å². The molecule has 2 amide bonds. The van der Waals surface area contributed by atoms with Gasteiger partial charge in [0.25, 0.3) is 0 Å². The Morgan fingerprint density at radius 3 is 2.69 bits per heavy atom. The topological polar surface area (TPSA) is 75.7 Å². The van der Waals surface area contributed by atoms with E-state index in [4.69, 9.17) is 4.74 Å². The van der Waals surface area contributed by atoms with Crippen molar-refractivity contribution >= 4 is 17.8 Å². The number of carbonyl (C=O) groups excluding carboxylic acids is 3. The third-order valence-electron chi connectivity index (χ3n) is 4.74. The predicted octanol–water partition coefficient (Wildman–Crippen LogP) is 1.91. The summed E-state index contributed by atoms with van der Waals surface area (Å²) in [5.74, 6) is -0.857. The maximum absolute atomic E-state index is 12.1. The van der Waals surface area contributed by atoms with E-state index in [0.29, 0.717) is 19.4 Å². The second kappa shape index (κ2) is 7.19. The number of esters is 1. The highest BCUT2D eigenvalue weighted by molar-refractivity contribution is 6.00. The number of fused-ring (bicyclic) bond motifs is 1. The van der Waals surface area contributed by atoms with Crippen LogP contribution in [0, 0.1) is 0 Å². The zero-order valence-electron chi connectivity index (χ0n) is 15.6. The van der Waals surface area contributed by atoms with Crippen LogP contribution in [0.15, 0.2) is 18.2 Å². The van der Waals surface area contributed by atoms with Gasteiger partial charge in [-0.05, 0) is 50.3 Å². The third kappa shape index (κ3) is 4.49. The first-order valence-corrected chi connectivity index (χ1v) is 9.11. The molecule has 2 aliphatic rings. The van der Waals surface area contributed by atoms with Gasteiger partial charge in [0.2, 0.25) is 11.8 Å². The normalized spacial score (nSPS) is 21.1. The number of rotatable bonds is 3. The summed E-state index contributed by atoms with van der Waals surface area (Å²) < 4.78 is 5.39. The fourth-order valence-electron chi connectivity index (χ4n) is 3.55. The van der Waals surface area contributed by atoms with Crippen LogP contribution in [0.2, 0.25) is 0 Å². The molecule has 0 saturated carbocycles. The largest absolute Gasteiger partial charge is 0.459 e. The molecule has 1 fully saturated rings. The standard InChI is InChI=1S/C20H26N2O4/c1-20(2,3)26-18(24)12-22-9-8-13-10-14(4-5-15(13)11-22)16-6-7-17(23)21-19(16)25/h4-5,10,16H,6-9,11-12H2,1-3H3,(H,21,23,25)/t16-/m1/s1. The lowest BCUT2D eigenvalue weighted by atomic mass is 9.87. The van der Waals surface area contributed by atoms with Crippen LogP contribution in [0.5, 0.6) is 0 Å². The number of piperidine rings is 1. The lowest BCUT2D eigenvalue weighted by molar-refractivity contribution is -0.156. The van der Waals surface area contributed by atoms with Crippen molar-refractivity contribution in [3.8, 4) is 0 Å². The quantitative estimate of drug-likeness (QED) is 0.660. The smallest absolute Gasteiger partial charge is 0.320 e. The highest BCUT2D eigenvalue weighted by Gasteiger charge is 2.29. The number of benzene rings is 1. The summed E-state index contributed by atoms with van der Waals surface area (Å²) in [7, 11) is 0. The molecule has 2 heterocycles. The van der Waals surface area contributed by atoms with Crippen molar-refractivity contribution in [1.82, 2.24) is 10.2 Å². The Hall–Kier alpha value is -2.21. The van der Waals surface area contributed by atoms with E-state index < -0.39 is 5.60 Å². The van der Waals surface area contributed by atoms with Gasteiger partial charge in [-0.15, -0.1) is 0 Å². The molecule has 26 heavy (non-hydrogen) atoms. The molecule has 0 aliphatic carbocycles. The Morgan fingerprint density at radius 2 is 2.00 bits per heavy atom. The van der Waals surface area contributed by atoms with Gasteiger partial charge in [0, 0.05) is 19.5 Å². The number of ether oxygens (including phenoxy) is 1. The van der Waals surface area contributed by atoms with Crippen LogP contribution in [-0.2, 0) is 32.1 Å². The summed E-state index contributed by atoms with van der Waals surface area (Å²) in [5.41, 5.74) is 2.89. The summed E-state index contributed by atoms with van der Waals surface area (Å²) in [5, 5.41) is 2.42. The van der Waals surface area contributed by atoms with Gasteiger partial charge in [-0.3, -0.25) is 24.6 Å². The van der Waals surface area contributed by atoms with Crippen molar-refractivity contribution in [2.75, 3.05) is 13.1 Å². The van der Waals surface area contributed by atoms with E-state index in [-0.39, 0.29) is 30.2 Å². The van der Waals surface area contributed by atoms with Gasteiger partial charge in [0.1, 0.15) is 5.60 Å². The molecule has 1 N–H and O–H groups in total. The van der Waals surface area contributed by atoms with E-state index in [1.807, 2.05) is 32.9 Å². The number of hydrogen-bond acceptors (Lipinski definition) is 5. The number of nitrogens with one attached hydrogen (secondary N) is 1. The van der Waals surface area contributed by atoms with Gasteiger partial charge in [-0.2, -0.15) is 0 Å². The average Bonchev–Trinajstić information content (AvgIpc) is 2.52. The van der Waals surface area contributed by atoms with E-state index in [1.54, 1.807) is 0 Å². The maximum atomic E-state index is 12.1. The molecule has 6 nitrogen and oxygen atoms in total. The second-order valence-electron chi connectivity index (χ2n) is 8.08. The van der Waals surface area contributed by atoms with Crippen molar-refractivity contribution in [3.05, 3.63) is 34.9 Å². The van der Waals surface area contributed by atoms with Gasteiger partial charge in [0.15, 0.2) is 0 Å². The van der Waals surface area contributed by atoms with Gasteiger partial charge in [-0.25, -0.2) is 0 Å². The zero-order chi connectivity index (χ0) is 18.9. The van der Waals surface area contributed by atoms with Crippen molar-refractivity contribution in [2.24, 2.45) is 0 Å². The lowest BCUT2D eigenvalue weighted by Gasteiger charge is -2.30. The molecule has 0 aromatic heterocycles. The summed E-state index contributed by atoms with van der Waals surface area (Å²) in [6.07, 6.45) is 1.78. The summed E-state index contributed by atoms with van der Waals surface area (Å²) in [6, 6.07) is 6.09. The number of nitrogens with zero attached hydrogens (tertiary/aromatic N) is 1. The molecule has 0 radical (unpaired) electrons. The Kier molecular flexibility index (Phi) is 5.14. The number of carbonyl (C=O) groups is 3. The van der Waals surface area contributed by atoms with Gasteiger partial charge >= 0.3 is 5.97 Å². The molecule has 6 heteroatoms. The van der Waals surface area contributed by atoms with E-state index in [1.165, 1.54) is 11.1 Å². The van der Waals surface area contributed by atoms with Crippen LogP contribution in [0.3, 0.4) is 0 Å². The highest BCUT2D eigenvalue weighted by Crippen LogP contribution is 2.28. The highest BCUT2D eigenvalue weighted by atomic mass is 16.6. The minimum atomic E-state index is -0.471. The van der Waals surface area contributed by atoms with Gasteiger partial charge in [-0.1, -0.05) is 18.2 Å². The molecule has 1 aromatic rings. The molecular weight excluding hydrogens is 332 g/mol. The Balaban J connectivity index is 1.65. The first-order valence-electron chi connectivity index (χ1n) is 9.11. The van der Waals surface area contributed by atoms with Crippen molar-refractivity contribution < 1.29 is 19.1 Å². The first-order chi connectivity index (χ1) is 12.2. The minimum absolute atomic E-state index is 0.193. The molecule has 3 rings (SSSR count). The molecule has 1 atom stereocenters. The fraction of sp³-hybridized carbons (Fsp3) is 0.550. The molecule has 2 aliphatic heterocycles. The summed E-state index contributed by atoms with van der Waals surface area (Å²) >= 11 is 0. The average molecular weight is 358 g/mol. The summed E-state index contributed by atoms with van der Waals surface area (Å²) in [4.78, 5) is 37.5. The number of amides is 2. The molecule has 0 spiro atoms. The van der Waals surface area contributed by atoms with Crippen molar-refractivity contribution in [3.63, 3.8) is 0 Å². The second-order valence-corrected chi connectivity index (χ2v) is 8.08. The van der Waals surface area contributed by atoms with Crippen LogP contribution in [0.4, 0.5) is 0 Å². The zero-order valence-corrected chi connectivity index (χ0v) is 15.6. The molecule has 0 bridgehead atoms. The van der Waals surface area contributed by atoms with Crippen LogP contribution in [0.25, 0.3) is 0 Å². The molecule has 1 aromatic carbocycles. The van der Waals surface area contributed by atoms with E-state index >= 15 is 0 Å². The van der Waals surface area contributed by atoms with Crippen LogP contribution < -0.4 is 5.32 Å². The molecule has 1 saturated heterocycles. The van der Waals surface area contributed by atoms with Crippen LogP contribution in [-0.4, -0.2) is 41.4 Å². The summed E-state index contributed by atoms with van der Waals surface area (Å²) in [6.45, 7) is 7.37. The number of hydrogen-bond donors (Lipinski definition) is 1. The maximum Gasteiger partial charge on any atom is 0.320 e. The first kappa shape index (κ1) is 18.6. The van der Waals surface area contributed by atoms with Gasteiger partial charge < -0.3 is 4.74 Å². The molecule has 0 unspecified atom stereocenters. The van der Waals surface area contributed by atoms with E-state index in [9.17, 15) is 14.4 Å². The third-order valence-corrected chi connectivity index (χ3v) is 4.74. The van der Waals surface area contributed by atoms with Crippen LogP contribution in [0.1, 0.15) is 56.2 Å². The molecule has 140 valence electrons. The lowest BCUT2D eigenvalue weighted by Crippen LogP contribution is -2.40. The monoisotopic (exact) mass is 358 g/mol. The van der Waals surface area contributed by atoms with E-state index in [0.717, 1.165) is 18.5 Å². The van der Waals surface area contributed by atoms with E-state index in [2.05, 4.69) is 16.3 Å². The Bertz CT molecular complexity index is 736. The fourth-order valence-corrected chi connectivity index (χ4v) is 3.55. The SMILES string of the molecule is CC(C)(C)OC(=O)CN1CCc2cc([C@H]3CCC(=O)NC3=O)ccc2C1. The predicted molar refractivity (Wildman–Crippen MR) is 96.4 cm³/mol. The van der Waals surface area contributed by atoms with Crippen molar-refractivity contribution in [1.29, 1.82) is 0 Å². The number of imide groups is 1. The minimum Gasteiger partial charge on any atom is -0.459 e. The van der Waals surface area contributed by atoms with Gasteiger partial charge in [0.05, 0.1) is 12.5 Å². The molecular formula is C20H26N2O4. The Labute approximate surface area is 153 Å². The van der Waals surface area contributed by atoms with Crippen LogP contribution >= 0.6 is 0 Å². The Morgan fingerprint density at radius 1 is 1.23 bits per heavy atom.